The SMILES string of the molecule is CCCCCCCC(=O)Oc1c2c(c(OC(=O)CCCCCCC)c3ccccc13)CC(C)CC2. The number of hydrogen-bond donors (Lipinski definition) is 0. The molecule has 1 aliphatic rings. The van der Waals surface area contributed by atoms with Gasteiger partial charge in [-0.05, 0) is 38.0 Å². The van der Waals surface area contributed by atoms with Crippen molar-refractivity contribution in [1.29, 1.82) is 0 Å². The van der Waals surface area contributed by atoms with Gasteiger partial charge in [0, 0.05) is 34.7 Å². The van der Waals surface area contributed by atoms with E-state index in [2.05, 4.69) is 20.8 Å². The van der Waals surface area contributed by atoms with E-state index in [-0.39, 0.29) is 11.9 Å². The summed E-state index contributed by atoms with van der Waals surface area (Å²) < 4.78 is 12.1. The molecule has 2 aromatic rings. The number of carbonyl (C=O) groups is 2. The van der Waals surface area contributed by atoms with Gasteiger partial charge in [-0.25, -0.2) is 0 Å². The molecule has 1 unspecified atom stereocenters. The lowest BCUT2D eigenvalue weighted by Gasteiger charge is -2.27. The monoisotopic (exact) mass is 480 g/mol. The van der Waals surface area contributed by atoms with Gasteiger partial charge in [-0.1, -0.05) is 96.4 Å². The topological polar surface area (TPSA) is 52.6 Å². The zero-order valence-electron chi connectivity index (χ0n) is 22.1. The highest BCUT2D eigenvalue weighted by molar-refractivity contribution is 5.99. The van der Waals surface area contributed by atoms with E-state index in [9.17, 15) is 9.59 Å². The Balaban J connectivity index is 1.83. The Hall–Kier alpha value is -2.36. The summed E-state index contributed by atoms with van der Waals surface area (Å²) in [6, 6.07) is 7.89. The molecule has 0 aliphatic heterocycles. The number of benzene rings is 2. The Labute approximate surface area is 211 Å². The molecule has 0 saturated carbocycles. The third-order valence-electron chi connectivity index (χ3n) is 7.17. The molecule has 0 radical (unpaired) electrons. The summed E-state index contributed by atoms with van der Waals surface area (Å²) in [5, 5.41) is 1.73. The smallest absolute Gasteiger partial charge is 0.311 e. The van der Waals surface area contributed by atoms with Crippen LogP contribution in [0.2, 0.25) is 0 Å². The molecule has 3 rings (SSSR count). The zero-order valence-corrected chi connectivity index (χ0v) is 22.1. The Bertz CT molecular complexity index is 978. The van der Waals surface area contributed by atoms with Gasteiger partial charge >= 0.3 is 11.9 Å². The maximum Gasteiger partial charge on any atom is 0.311 e. The summed E-state index contributed by atoms with van der Waals surface area (Å²) in [6.45, 7) is 6.62. The van der Waals surface area contributed by atoms with Crippen molar-refractivity contribution in [2.75, 3.05) is 0 Å². The van der Waals surface area contributed by atoms with Crippen molar-refractivity contribution < 1.29 is 19.1 Å². The van der Waals surface area contributed by atoms with Crippen molar-refractivity contribution in [2.24, 2.45) is 5.92 Å². The Morgan fingerprint density at radius 1 is 0.743 bits per heavy atom. The second-order valence-corrected chi connectivity index (χ2v) is 10.3. The quantitative estimate of drug-likeness (QED) is 0.154. The average molecular weight is 481 g/mol. The van der Waals surface area contributed by atoms with Crippen molar-refractivity contribution in [1.82, 2.24) is 0 Å². The first-order valence-corrected chi connectivity index (χ1v) is 14.0. The van der Waals surface area contributed by atoms with Gasteiger partial charge in [0.2, 0.25) is 0 Å². The normalized spacial score (nSPS) is 15.1. The van der Waals surface area contributed by atoms with Crippen LogP contribution in [-0.4, -0.2) is 11.9 Å². The van der Waals surface area contributed by atoms with Crippen molar-refractivity contribution >= 4 is 22.7 Å². The summed E-state index contributed by atoms with van der Waals surface area (Å²) in [5.41, 5.74) is 2.10. The molecule has 0 spiro atoms. The number of ether oxygens (including phenoxy) is 2. The molecule has 192 valence electrons. The number of hydrogen-bond acceptors (Lipinski definition) is 4. The predicted octanol–water partition coefficient (Wildman–Crippen LogP) is 8.50. The summed E-state index contributed by atoms with van der Waals surface area (Å²) in [7, 11) is 0. The Morgan fingerprint density at radius 2 is 1.23 bits per heavy atom. The van der Waals surface area contributed by atoms with Gasteiger partial charge in [0.05, 0.1) is 0 Å². The second kappa shape index (κ2) is 14.3. The van der Waals surface area contributed by atoms with Crippen molar-refractivity contribution in [3.63, 3.8) is 0 Å². The van der Waals surface area contributed by atoms with Crippen LogP contribution in [0.3, 0.4) is 0 Å². The van der Waals surface area contributed by atoms with Crippen LogP contribution in [0.4, 0.5) is 0 Å². The number of rotatable bonds is 14. The fraction of sp³-hybridized carbons (Fsp3) is 0.613. The van der Waals surface area contributed by atoms with Crippen molar-refractivity contribution in [3.8, 4) is 11.5 Å². The van der Waals surface area contributed by atoms with E-state index < -0.39 is 0 Å². The van der Waals surface area contributed by atoms with Crippen molar-refractivity contribution in [3.05, 3.63) is 35.4 Å². The van der Waals surface area contributed by atoms with Gasteiger partial charge in [0.15, 0.2) is 0 Å². The van der Waals surface area contributed by atoms with E-state index in [0.717, 1.165) is 73.3 Å². The van der Waals surface area contributed by atoms with E-state index in [1.165, 1.54) is 32.1 Å². The van der Waals surface area contributed by atoms with E-state index in [1.54, 1.807) is 0 Å². The Morgan fingerprint density at radius 3 is 1.74 bits per heavy atom. The average Bonchev–Trinajstić information content (AvgIpc) is 2.85. The molecule has 0 fully saturated rings. The molecule has 0 N–H and O–H groups in total. The Kier molecular flexibility index (Phi) is 11.1. The van der Waals surface area contributed by atoms with Crippen LogP contribution in [0.5, 0.6) is 11.5 Å². The van der Waals surface area contributed by atoms with Gasteiger partial charge in [-0.15, -0.1) is 0 Å². The summed E-state index contributed by atoms with van der Waals surface area (Å²) in [4.78, 5) is 25.6. The lowest BCUT2D eigenvalue weighted by Crippen LogP contribution is -2.19. The molecule has 0 aromatic heterocycles. The molecule has 0 bridgehead atoms. The summed E-state index contributed by atoms with van der Waals surface area (Å²) >= 11 is 0. The number of carbonyl (C=O) groups excluding carboxylic acids is 2. The third kappa shape index (κ3) is 7.81. The highest BCUT2D eigenvalue weighted by Crippen LogP contribution is 2.45. The van der Waals surface area contributed by atoms with Crippen LogP contribution in [-0.2, 0) is 22.4 Å². The zero-order chi connectivity index (χ0) is 25.0. The van der Waals surface area contributed by atoms with Crippen LogP contribution >= 0.6 is 0 Å². The number of esters is 2. The van der Waals surface area contributed by atoms with Crippen molar-refractivity contribution in [2.45, 2.75) is 117 Å². The number of fused-ring (bicyclic) bond motifs is 2. The van der Waals surface area contributed by atoms with Gasteiger partial charge in [0.1, 0.15) is 11.5 Å². The van der Waals surface area contributed by atoms with Gasteiger partial charge in [-0.3, -0.25) is 9.59 Å². The summed E-state index contributed by atoms with van der Waals surface area (Å²) in [6.07, 6.45) is 14.6. The van der Waals surface area contributed by atoms with Crippen LogP contribution in [0.1, 0.15) is 115 Å². The number of unbranched alkanes of at least 4 members (excludes halogenated alkanes) is 8. The summed E-state index contributed by atoms with van der Waals surface area (Å²) in [5.74, 6) is 1.53. The van der Waals surface area contributed by atoms with E-state index in [0.29, 0.717) is 30.3 Å². The highest BCUT2D eigenvalue weighted by atomic mass is 16.5. The first-order chi connectivity index (χ1) is 17.0. The van der Waals surface area contributed by atoms with Crippen LogP contribution in [0.15, 0.2) is 24.3 Å². The van der Waals surface area contributed by atoms with E-state index in [1.807, 2.05) is 24.3 Å². The first-order valence-electron chi connectivity index (χ1n) is 14.0. The molecule has 0 saturated heterocycles. The van der Waals surface area contributed by atoms with Crippen LogP contribution in [0.25, 0.3) is 10.8 Å². The van der Waals surface area contributed by atoms with E-state index in [4.69, 9.17) is 9.47 Å². The predicted molar refractivity (Wildman–Crippen MR) is 143 cm³/mol. The molecule has 4 heteroatoms. The van der Waals surface area contributed by atoms with E-state index >= 15 is 0 Å². The fourth-order valence-electron chi connectivity index (χ4n) is 5.11. The minimum Gasteiger partial charge on any atom is -0.426 e. The van der Waals surface area contributed by atoms with Gasteiger partial charge in [0.25, 0.3) is 0 Å². The second-order valence-electron chi connectivity index (χ2n) is 10.3. The molecule has 1 aliphatic carbocycles. The lowest BCUT2D eigenvalue weighted by molar-refractivity contribution is -0.135. The maximum atomic E-state index is 12.8. The largest absolute Gasteiger partial charge is 0.426 e. The van der Waals surface area contributed by atoms with Crippen LogP contribution < -0.4 is 9.47 Å². The molecular weight excluding hydrogens is 436 g/mol. The molecule has 1 atom stereocenters. The standard InChI is InChI=1S/C31H44O4/c1-4-6-8-10-12-18-28(32)34-30-24-16-14-15-17-25(24)31(27-22-23(3)20-21-26(27)30)35-29(33)19-13-11-9-7-5-2/h14-17,23H,4-13,18-22H2,1-3H3. The fourth-order valence-corrected chi connectivity index (χ4v) is 5.11. The maximum absolute atomic E-state index is 12.8. The molecule has 4 nitrogen and oxygen atoms in total. The highest BCUT2D eigenvalue weighted by Gasteiger charge is 2.28. The molecule has 2 aromatic carbocycles. The minimum atomic E-state index is -0.163. The molecular formula is C31H44O4. The first kappa shape index (κ1) is 27.2. The minimum absolute atomic E-state index is 0.163. The third-order valence-corrected chi connectivity index (χ3v) is 7.17. The van der Waals surface area contributed by atoms with Gasteiger partial charge in [-0.2, -0.15) is 0 Å². The molecule has 35 heavy (non-hydrogen) atoms. The molecule has 0 heterocycles. The van der Waals surface area contributed by atoms with Gasteiger partial charge < -0.3 is 9.47 Å². The van der Waals surface area contributed by atoms with Crippen LogP contribution in [0, 0.1) is 5.92 Å². The molecule has 0 amide bonds. The lowest BCUT2D eigenvalue weighted by atomic mass is 9.82.